The predicted molar refractivity (Wildman–Crippen MR) is 100 cm³/mol. The van der Waals surface area contributed by atoms with Crippen LogP contribution < -0.4 is 11.1 Å². The van der Waals surface area contributed by atoms with E-state index in [4.69, 9.17) is 5.73 Å². The molecule has 5 N–H and O–H groups in total. The maximum absolute atomic E-state index is 11.1. The summed E-state index contributed by atoms with van der Waals surface area (Å²) in [4.78, 5) is 12.9. The molecule has 0 aliphatic heterocycles. The first-order valence-corrected chi connectivity index (χ1v) is 8.20. The van der Waals surface area contributed by atoms with E-state index >= 15 is 0 Å². The Morgan fingerprint density at radius 3 is 2.72 bits per heavy atom. The molecule has 2 saturated carbocycles. The molecular weight excluding hydrogens is 367 g/mol. The summed E-state index contributed by atoms with van der Waals surface area (Å²) in [5.74, 6) is 1.24. The minimum Gasteiger partial charge on any atom is -0.396 e. The molecule has 10 heteroatoms. The molecule has 4 rings (SSSR count). The van der Waals surface area contributed by atoms with E-state index in [0.29, 0.717) is 29.3 Å². The number of nitrogens with zero attached hydrogens (tertiary/aromatic N) is 4. The van der Waals surface area contributed by atoms with Gasteiger partial charge in [0.2, 0.25) is 5.95 Å². The normalized spacial score (nSPS) is 25.4. The third-order valence-corrected chi connectivity index (χ3v) is 5.06. The Morgan fingerprint density at radius 1 is 1.28 bits per heavy atom. The molecule has 2 aromatic heterocycles. The fourth-order valence-corrected chi connectivity index (χ4v) is 3.49. The van der Waals surface area contributed by atoms with Crippen molar-refractivity contribution in [3.63, 3.8) is 0 Å². The minimum atomic E-state index is -1.17. The zero-order valence-corrected chi connectivity index (χ0v) is 15.4. The second kappa shape index (κ2) is 7.49. The maximum atomic E-state index is 11.1. The number of nitrogen functional groups attached to an aromatic ring is 1. The highest BCUT2D eigenvalue weighted by Gasteiger charge is 2.43. The van der Waals surface area contributed by atoms with Gasteiger partial charge in [-0.05, 0) is 38.0 Å². The van der Waals surface area contributed by atoms with Crippen molar-refractivity contribution in [3.8, 4) is 0 Å². The highest BCUT2D eigenvalue weighted by Crippen LogP contribution is 2.41. The summed E-state index contributed by atoms with van der Waals surface area (Å²) in [5.41, 5.74) is 5.80. The number of aromatic nitrogens is 4. The van der Waals surface area contributed by atoms with Gasteiger partial charge in [-0.3, -0.25) is 4.57 Å². The topological polar surface area (TPSA) is 122 Å². The molecule has 2 aliphatic rings. The van der Waals surface area contributed by atoms with Crippen molar-refractivity contribution < 1.29 is 10.2 Å². The number of halogens is 2. The number of hydrogen-bond donors (Lipinski definition) is 4. The van der Waals surface area contributed by atoms with Gasteiger partial charge in [0.25, 0.3) is 0 Å². The van der Waals surface area contributed by atoms with Gasteiger partial charge in [0.05, 0.1) is 12.9 Å². The van der Waals surface area contributed by atoms with Crippen molar-refractivity contribution in [1.29, 1.82) is 0 Å². The number of nitrogens with one attached hydrogen (secondary N) is 1. The van der Waals surface area contributed by atoms with Gasteiger partial charge >= 0.3 is 0 Å². The third kappa shape index (κ3) is 3.48. The van der Waals surface area contributed by atoms with Crippen LogP contribution in [-0.2, 0) is 5.72 Å². The Balaban J connectivity index is 0.00000113. The monoisotopic (exact) mass is 390 g/mol. The van der Waals surface area contributed by atoms with E-state index in [1.807, 2.05) is 0 Å². The van der Waals surface area contributed by atoms with Crippen LogP contribution in [-0.4, -0.2) is 42.9 Å². The average molecular weight is 391 g/mol. The number of imidazole rings is 1. The van der Waals surface area contributed by atoms with Gasteiger partial charge < -0.3 is 21.3 Å². The molecule has 2 heterocycles. The van der Waals surface area contributed by atoms with Crippen LogP contribution >= 0.6 is 24.8 Å². The van der Waals surface area contributed by atoms with Gasteiger partial charge in [-0.15, -0.1) is 24.8 Å². The first kappa shape index (κ1) is 20.0. The molecule has 2 aliphatic carbocycles. The lowest BCUT2D eigenvalue weighted by atomic mass is 10.0. The summed E-state index contributed by atoms with van der Waals surface area (Å²) in [6, 6.07) is 0. The summed E-state index contributed by atoms with van der Waals surface area (Å²) in [6.07, 6.45) is 6.26. The highest BCUT2D eigenvalue weighted by atomic mass is 35.5. The van der Waals surface area contributed by atoms with Crippen molar-refractivity contribution in [2.75, 3.05) is 24.2 Å². The quantitative estimate of drug-likeness (QED) is 0.609. The molecule has 0 amide bonds. The molecule has 2 fully saturated rings. The molecular formula is C15H24Cl2N6O2. The van der Waals surface area contributed by atoms with Gasteiger partial charge in [0, 0.05) is 12.5 Å². The van der Waals surface area contributed by atoms with Crippen molar-refractivity contribution in [1.82, 2.24) is 19.5 Å². The van der Waals surface area contributed by atoms with Crippen molar-refractivity contribution in [2.24, 2.45) is 11.8 Å². The summed E-state index contributed by atoms with van der Waals surface area (Å²) < 4.78 is 1.65. The second-order valence-electron chi connectivity index (χ2n) is 6.69. The Kier molecular flexibility index (Phi) is 5.98. The van der Waals surface area contributed by atoms with E-state index in [-0.39, 0.29) is 43.3 Å². The molecule has 25 heavy (non-hydrogen) atoms. The molecule has 0 bridgehead atoms. The van der Waals surface area contributed by atoms with E-state index in [2.05, 4.69) is 20.3 Å². The van der Waals surface area contributed by atoms with Crippen LogP contribution in [0.2, 0.25) is 0 Å². The Morgan fingerprint density at radius 2 is 2.04 bits per heavy atom. The molecule has 2 atom stereocenters. The molecule has 0 saturated heterocycles. The Hall–Kier alpha value is -1.35. The first-order chi connectivity index (χ1) is 11.1. The number of hydrogen-bond acceptors (Lipinski definition) is 7. The number of anilines is 2. The molecule has 8 nitrogen and oxygen atoms in total. The minimum absolute atomic E-state index is 0. The first-order valence-electron chi connectivity index (χ1n) is 8.20. The van der Waals surface area contributed by atoms with Crippen LogP contribution in [0.25, 0.3) is 11.2 Å². The average Bonchev–Trinajstić information content (AvgIpc) is 3.13. The van der Waals surface area contributed by atoms with E-state index in [1.165, 1.54) is 12.8 Å². The number of aliphatic hydroxyl groups is 2. The third-order valence-electron chi connectivity index (χ3n) is 5.06. The van der Waals surface area contributed by atoms with Gasteiger partial charge in [-0.1, -0.05) is 0 Å². The largest absolute Gasteiger partial charge is 0.396 e. The fourth-order valence-electron chi connectivity index (χ4n) is 3.49. The summed E-state index contributed by atoms with van der Waals surface area (Å²) in [5, 5.41) is 23.9. The summed E-state index contributed by atoms with van der Waals surface area (Å²) in [6.45, 7) is 0.783. The van der Waals surface area contributed by atoms with E-state index < -0.39 is 5.72 Å². The number of rotatable bonds is 5. The van der Waals surface area contributed by atoms with Gasteiger partial charge in [-0.25, -0.2) is 4.98 Å². The lowest BCUT2D eigenvalue weighted by Crippen LogP contribution is -2.38. The standard InChI is InChI=1S/C15H22N6O2.2ClH/c16-14-19-12(17-6-9-3-4-9)11-13(20-14)21(8-18-11)15(23)5-1-2-10(15)7-22;;/h8-10,22-23H,1-7H2,(H3,16,17,19,20);2*1H. The van der Waals surface area contributed by atoms with Crippen LogP contribution in [0.3, 0.4) is 0 Å². The van der Waals surface area contributed by atoms with E-state index in [0.717, 1.165) is 19.4 Å². The van der Waals surface area contributed by atoms with Crippen LogP contribution in [0.5, 0.6) is 0 Å². The number of fused-ring (bicyclic) bond motifs is 1. The summed E-state index contributed by atoms with van der Waals surface area (Å²) in [7, 11) is 0. The Bertz CT molecular complexity index is 738. The molecule has 0 radical (unpaired) electrons. The second-order valence-corrected chi connectivity index (χ2v) is 6.69. The van der Waals surface area contributed by atoms with Crippen molar-refractivity contribution in [2.45, 2.75) is 37.8 Å². The zero-order valence-electron chi connectivity index (χ0n) is 13.8. The number of nitrogens with two attached hydrogens (primary N) is 1. The van der Waals surface area contributed by atoms with Gasteiger partial charge in [0.1, 0.15) is 5.72 Å². The zero-order chi connectivity index (χ0) is 16.0. The van der Waals surface area contributed by atoms with E-state index in [9.17, 15) is 10.2 Å². The molecule has 0 aromatic carbocycles. The van der Waals surface area contributed by atoms with Gasteiger partial charge in [0.15, 0.2) is 17.0 Å². The highest BCUT2D eigenvalue weighted by molar-refractivity contribution is 5.86. The molecule has 2 unspecified atom stereocenters. The van der Waals surface area contributed by atoms with Crippen LogP contribution in [0.1, 0.15) is 32.1 Å². The Labute approximate surface area is 158 Å². The van der Waals surface area contributed by atoms with E-state index in [1.54, 1.807) is 10.9 Å². The van der Waals surface area contributed by atoms with Crippen molar-refractivity contribution >= 4 is 47.7 Å². The lowest BCUT2D eigenvalue weighted by molar-refractivity contribution is -0.0844. The molecule has 0 spiro atoms. The van der Waals surface area contributed by atoms with Crippen LogP contribution in [0.15, 0.2) is 6.33 Å². The smallest absolute Gasteiger partial charge is 0.224 e. The van der Waals surface area contributed by atoms with Crippen LogP contribution in [0, 0.1) is 11.8 Å². The summed E-state index contributed by atoms with van der Waals surface area (Å²) >= 11 is 0. The maximum Gasteiger partial charge on any atom is 0.224 e. The van der Waals surface area contributed by atoms with Crippen LogP contribution in [0.4, 0.5) is 11.8 Å². The number of aliphatic hydroxyl groups excluding tert-OH is 1. The molecule has 140 valence electrons. The van der Waals surface area contributed by atoms with Gasteiger partial charge in [-0.2, -0.15) is 9.97 Å². The fraction of sp³-hybridized carbons (Fsp3) is 0.667. The molecule has 2 aromatic rings. The van der Waals surface area contributed by atoms with Crippen molar-refractivity contribution in [3.05, 3.63) is 6.33 Å². The lowest BCUT2D eigenvalue weighted by Gasteiger charge is -2.30. The predicted octanol–water partition coefficient (Wildman–Crippen LogP) is 1.51. The SMILES string of the molecule is Cl.Cl.Nc1nc(NCC2CC2)c2ncn(C3(O)CCCC3CO)c2n1.